The van der Waals surface area contributed by atoms with E-state index in [1.54, 1.807) is 4.31 Å². The highest BCUT2D eigenvalue weighted by molar-refractivity contribution is 7.88. The van der Waals surface area contributed by atoms with Crippen LogP contribution in [0.2, 0.25) is 0 Å². The van der Waals surface area contributed by atoms with E-state index in [4.69, 9.17) is 0 Å². The van der Waals surface area contributed by atoms with Crippen molar-refractivity contribution in [2.45, 2.75) is 31.6 Å². The van der Waals surface area contributed by atoms with E-state index in [9.17, 15) is 8.42 Å². The topological polar surface area (TPSA) is 69.3 Å². The number of rotatable bonds is 3. The molecule has 130 valence electrons. The number of anilines is 1. The van der Waals surface area contributed by atoms with Crippen molar-refractivity contribution >= 4 is 26.6 Å². The SMILES string of the molecule is CS(=O)(=O)N1CCN(c2cc(C3CCCC3)cc3[nH]ncc23)CC1. The molecule has 2 fully saturated rings. The van der Waals surface area contributed by atoms with E-state index in [1.165, 1.54) is 43.2 Å². The highest BCUT2D eigenvalue weighted by atomic mass is 32.2. The third-order valence-corrected chi connectivity index (χ3v) is 6.74. The Morgan fingerprint density at radius 1 is 1.12 bits per heavy atom. The molecule has 6 nitrogen and oxygen atoms in total. The molecule has 0 bridgehead atoms. The van der Waals surface area contributed by atoms with Gasteiger partial charge in [-0.2, -0.15) is 9.40 Å². The van der Waals surface area contributed by atoms with Crippen molar-refractivity contribution in [3.63, 3.8) is 0 Å². The molecule has 1 aromatic carbocycles. The van der Waals surface area contributed by atoms with Gasteiger partial charge in [0.2, 0.25) is 10.0 Å². The Kier molecular flexibility index (Phi) is 4.00. The average molecular weight is 348 g/mol. The molecule has 1 saturated carbocycles. The van der Waals surface area contributed by atoms with Crippen LogP contribution < -0.4 is 4.90 Å². The molecule has 1 aliphatic carbocycles. The maximum atomic E-state index is 11.7. The Morgan fingerprint density at radius 2 is 1.83 bits per heavy atom. The molecule has 1 N–H and O–H groups in total. The van der Waals surface area contributed by atoms with Gasteiger partial charge in [0.1, 0.15) is 0 Å². The molecular formula is C17H24N4O2S. The number of piperazine rings is 1. The summed E-state index contributed by atoms with van der Waals surface area (Å²) in [6, 6.07) is 4.55. The lowest BCUT2D eigenvalue weighted by atomic mass is 9.95. The minimum Gasteiger partial charge on any atom is -0.368 e. The van der Waals surface area contributed by atoms with Crippen molar-refractivity contribution in [1.82, 2.24) is 14.5 Å². The number of benzene rings is 1. The van der Waals surface area contributed by atoms with Crippen LogP contribution in [0.25, 0.3) is 10.9 Å². The van der Waals surface area contributed by atoms with Gasteiger partial charge in [0.15, 0.2) is 0 Å². The van der Waals surface area contributed by atoms with Crippen LogP contribution in [0.15, 0.2) is 18.3 Å². The zero-order valence-corrected chi connectivity index (χ0v) is 14.8. The van der Waals surface area contributed by atoms with Crippen molar-refractivity contribution in [3.05, 3.63) is 23.9 Å². The number of aromatic nitrogens is 2. The number of hydrogen-bond acceptors (Lipinski definition) is 4. The summed E-state index contributed by atoms with van der Waals surface area (Å²) in [7, 11) is -3.10. The van der Waals surface area contributed by atoms with Gasteiger partial charge in [-0.25, -0.2) is 8.42 Å². The summed E-state index contributed by atoms with van der Waals surface area (Å²) in [4.78, 5) is 2.30. The second kappa shape index (κ2) is 6.04. The molecule has 24 heavy (non-hydrogen) atoms. The van der Waals surface area contributed by atoms with E-state index in [2.05, 4.69) is 27.2 Å². The number of aromatic amines is 1. The van der Waals surface area contributed by atoms with Crippen LogP contribution in [-0.4, -0.2) is 55.4 Å². The van der Waals surface area contributed by atoms with Crippen molar-refractivity contribution in [2.75, 3.05) is 37.3 Å². The largest absolute Gasteiger partial charge is 0.368 e. The number of hydrogen-bond donors (Lipinski definition) is 1. The van der Waals surface area contributed by atoms with Crippen LogP contribution >= 0.6 is 0 Å². The maximum absolute atomic E-state index is 11.7. The number of sulfonamides is 1. The first-order valence-corrected chi connectivity index (χ1v) is 10.5. The average Bonchev–Trinajstić information content (AvgIpc) is 3.24. The van der Waals surface area contributed by atoms with Gasteiger partial charge in [-0.15, -0.1) is 0 Å². The van der Waals surface area contributed by atoms with Gasteiger partial charge in [-0.05, 0) is 36.5 Å². The molecular weight excluding hydrogens is 324 g/mol. The highest BCUT2D eigenvalue weighted by Crippen LogP contribution is 2.38. The van der Waals surface area contributed by atoms with Crippen LogP contribution in [-0.2, 0) is 10.0 Å². The lowest BCUT2D eigenvalue weighted by Gasteiger charge is -2.35. The third-order valence-electron chi connectivity index (χ3n) is 5.43. The molecule has 1 aromatic heterocycles. The molecule has 0 atom stereocenters. The molecule has 0 unspecified atom stereocenters. The summed E-state index contributed by atoms with van der Waals surface area (Å²) < 4.78 is 25.0. The predicted molar refractivity (Wildman–Crippen MR) is 95.9 cm³/mol. The second-order valence-electron chi connectivity index (χ2n) is 7.00. The Hall–Kier alpha value is -1.60. The standard InChI is InChI=1S/C17H24N4O2S/c1-24(22,23)21-8-6-20(7-9-21)17-11-14(13-4-2-3-5-13)10-16-15(17)12-18-19-16/h10-13H,2-9H2,1H3,(H,18,19). The molecule has 0 radical (unpaired) electrons. The summed E-state index contributed by atoms with van der Waals surface area (Å²) in [5.41, 5.74) is 3.67. The van der Waals surface area contributed by atoms with Crippen LogP contribution in [0.3, 0.4) is 0 Å². The lowest BCUT2D eigenvalue weighted by Crippen LogP contribution is -2.48. The number of H-pyrrole nitrogens is 1. The summed E-state index contributed by atoms with van der Waals surface area (Å²) in [5.74, 6) is 0.647. The van der Waals surface area contributed by atoms with E-state index in [-0.39, 0.29) is 0 Å². The summed E-state index contributed by atoms with van der Waals surface area (Å²) in [6.07, 6.45) is 8.33. The second-order valence-corrected chi connectivity index (χ2v) is 8.98. The molecule has 2 aliphatic rings. The van der Waals surface area contributed by atoms with Crippen molar-refractivity contribution < 1.29 is 8.42 Å². The molecule has 0 amide bonds. The fraction of sp³-hybridized carbons (Fsp3) is 0.588. The first-order chi connectivity index (χ1) is 11.5. The first kappa shape index (κ1) is 15.9. The van der Waals surface area contributed by atoms with E-state index in [0.29, 0.717) is 19.0 Å². The van der Waals surface area contributed by atoms with Crippen LogP contribution in [0, 0.1) is 0 Å². The van der Waals surface area contributed by atoms with E-state index in [0.717, 1.165) is 24.0 Å². The number of fused-ring (bicyclic) bond motifs is 1. The maximum Gasteiger partial charge on any atom is 0.211 e. The molecule has 2 heterocycles. The quantitative estimate of drug-likeness (QED) is 0.924. The molecule has 2 aromatic rings. The van der Waals surface area contributed by atoms with Gasteiger partial charge in [0.25, 0.3) is 0 Å². The van der Waals surface area contributed by atoms with Crippen molar-refractivity contribution in [2.24, 2.45) is 0 Å². The normalized spacial score (nSPS) is 21.0. The van der Waals surface area contributed by atoms with Gasteiger partial charge >= 0.3 is 0 Å². The van der Waals surface area contributed by atoms with Crippen LogP contribution in [0.4, 0.5) is 5.69 Å². The summed E-state index contributed by atoms with van der Waals surface area (Å²) in [6.45, 7) is 2.54. The minimum atomic E-state index is -3.10. The fourth-order valence-corrected chi connectivity index (χ4v) is 4.90. The zero-order valence-electron chi connectivity index (χ0n) is 14.0. The molecule has 4 rings (SSSR count). The van der Waals surface area contributed by atoms with Crippen LogP contribution in [0.1, 0.15) is 37.2 Å². The van der Waals surface area contributed by atoms with Gasteiger partial charge in [0, 0.05) is 37.3 Å². The predicted octanol–water partition coefficient (Wildman–Crippen LogP) is 2.30. The highest BCUT2D eigenvalue weighted by Gasteiger charge is 2.26. The Labute approximate surface area is 142 Å². The van der Waals surface area contributed by atoms with Crippen molar-refractivity contribution in [3.8, 4) is 0 Å². The van der Waals surface area contributed by atoms with Gasteiger partial charge in [-0.1, -0.05) is 12.8 Å². The van der Waals surface area contributed by atoms with Crippen LogP contribution in [0.5, 0.6) is 0 Å². The van der Waals surface area contributed by atoms with Gasteiger partial charge in [0.05, 0.1) is 18.0 Å². The fourth-order valence-electron chi connectivity index (χ4n) is 4.07. The Bertz CT molecular complexity index is 831. The van der Waals surface area contributed by atoms with E-state index >= 15 is 0 Å². The number of nitrogens with zero attached hydrogens (tertiary/aromatic N) is 3. The number of nitrogens with one attached hydrogen (secondary N) is 1. The minimum absolute atomic E-state index is 0.547. The first-order valence-electron chi connectivity index (χ1n) is 8.69. The molecule has 0 spiro atoms. The van der Waals surface area contributed by atoms with Gasteiger partial charge in [-0.3, -0.25) is 5.10 Å². The molecule has 1 saturated heterocycles. The van der Waals surface area contributed by atoms with E-state index in [1.807, 2.05) is 6.20 Å². The monoisotopic (exact) mass is 348 g/mol. The van der Waals surface area contributed by atoms with Crippen molar-refractivity contribution in [1.29, 1.82) is 0 Å². The summed E-state index contributed by atoms with van der Waals surface area (Å²) in [5, 5.41) is 8.46. The summed E-state index contributed by atoms with van der Waals surface area (Å²) >= 11 is 0. The Balaban J connectivity index is 1.65. The zero-order chi connectivity index (χ0) is 16.7. The third kappa shape index (κ3) is 2.91. The molecule has 7 heteroatoms. The smallest absolute Gasteiger partial charge is 0.211 e. The lowest BCUT2D eigenvalue weighted by molar-refractivity contribution is 0.388. The molecule has 1 aliphatic heterocycles. The Morgan fingerprint density at radius 3 is 2.50 bits per heavy atom. The van der Waals surface area contributed by atoms with Gasteiger partial charge < -0.3 is 4.90 Å². The van der Waals surface area contributed by atoms with E-state index < -0.39 is 10.0 Å².